The van der Waals surface area contributed by atoms with Crippen LogP contribution in [0.2, 0.25) is 5.02 Å². The molecule has 3 rings (SSSR count). The third kappa shape index (κ3) is 4.35. The van der Waals surface area contributed by atoms with Gasteiger partial charge in [0.1, 0.15) is 23.4 Å². The molecule has 0 radical (unpaired) electrons. The van der Waals surface area contributed by atoms with Gasteiger partial charge in [-0.3, -0.25) is 9.78 Å². The van der Waals surface area contributed by atoms with E-state index in [1.165, 1.54) is 18.5 Å². The van der Waals surface area contributed by atoms with Gasteiger partial charge in [-0.2, -0.15) is 5.26 Å². The van der Waals surface area contributed by atoms with E-state index >= 15 is 0 Å². The Hall–Kier alpha value is -3.43. The van der Waals surface area contributed by atoms with Crippen molar-refractivity contribution in [2.75, 3.05) is 5.32 Å². The summed E-state index contributed by atoms with van der Waals surface area (Å²) in [5.74, 6) is 0.817. The van der Waals surface area contributed by atoms with Crippen molar-refractivity contribution in [2.45, 2.75) is 6.92 Å². The van der Waals surface area contributed by atoms with Gasteiger partial charge in [0.2, 0.25) is 0 Å². The molecule has 0 fully saturated rings. The van der Waals surface area contributed by atoms with Crippen molar-refractivity contribution in [3.8, 4) is 17.6 Å². The number of carbonyl (C=O) groups is 1. The largest absolute Gasteiger partial charge is 0.456 e. The molecule has 0 atom stereocenters. The monoisotopic (exact) mass is 364 g/mol. The van der Waals surface area contributed by atoms with E-state index in [1.807, 2.05) is 19.1 Å². The first-order chi connectivity index (χ1) is 12.5. The Bertz CT molecular complexity index is 1010. The Labute approximate surface area is 155 Å². The number of rotatable bonds is 4. The Morgan fingerprint density at radius 3 is 2.81 bits per heavy atom. The molecule has 0 aliphatic carbocycles. The van der Waals surface area contributed by atoms with Crippen molar-refractivity contribution in [1.29, 1.82) is 5.26 Å². The number of nitrogens with one attached hydrogen (secondary N) is 1. The minimum absolute atomic E-state index is 0.320. The topological polar surface area (TPSA) is 87.9 Å². The van der Waals surface area contributed by atoms with Gasteiger partial charge >= 0.3 is 0 Å². The van der Waals surface area contributed by atoms with Crippen LogP contribution in [0.15, 0.2) is 54.9 Å². The Kier molecular flexibility index (Phi) is 5.11. The number of nitrogens with zero attached hydrogens (tertiary/aromatic N) is 3. The van der Waals surface area contributed by atoms with Gasteiger partial charge in [-0.25, -0.2) is 4.98 Å². The molecule has 3 aromatic rings. The molecular formula is C19H13ClN4O2. The van der Waals surface area contributed by atoms with Crippen LogP contribution in [0.1, 0.15) is 21.6 Å². The van der Waals surface area contributed by atoms with Crippen LogP contribution in [0.3, 0.4) is 0 Å². The van der Waals surface area contributed by atoms with Crippen LogP contribution < -0.4 is 10.1 Å². The molecule has 0 saturated heterocycles. The van der Waals surface area contributed by atoms with Gasteiger partial charge in [0.05, 0.1) is 11.8 Å². The molecule has 128 valence electrons. The maximum Gasteiger partial charge on any atom is 0.257 e. The van der Waals surface area contributed by atoms with E-state index in [9.17, 15) is 4.79 Å². The van der Waals surface area contributed by atoms with Crippen LogP contribution in [0, 0.1) is 18.3 Å². The molecular weight excluding hydrogens is 352 g/mol. The van der Waals surface area contributed by atoms with Crippen LogP contribution >= 0.6 is 11.6 Å². The standard InChI is InChI=1S/C19H13ClN4O2/c1-12-3-2-4-18(23-12)24-19(25)14-6-15(20)8-16(7-14)26-17-5-13(9-21)10-22-11-17/h2-8,10-11H,1H3,(H,23,24,25). The number of aromatic nitrogens is 2. The van der Waals surface area contributed by atoms with Crippen LogP contribution in [0.5, 0.6) is 11.5 Å². The van der Waals surface area contributed by atoms with Gasteiger partial charge in [0, 0.05) is 28.5 Å². The predicted octanol–water partition coefficient (Wildman–Crippen LogP) is 4.35. The van der Waals surface area contributed by atoms with E-state index in [0.717, 1.165) is 5.69 Å². The van der Waals surface area contributed by atoms with Gasteiger partial charge in [0.25, 0.3) is 5.91 Å². The Morgan fingerprint density at radius 2 is 2.04 bits per heavy atom. The fourth-order valence-electron chi connectivity index (χ4n) is 2.23. The van der Waals surface area contributed by atoms with Crippen molar-refractivity contribution >= 4 is 23.3 Å². The molecule has 0 spiro atoms. The number of anilines is 1. The highest BCUT2D eigenvalue weighted by Crippen LogP contribution is 2.26. The summed E-state index contributed by atoms with van der Waals surface area (Å²) >= 11 is 6.10. The molecule has 2 aromatic heterocycles. The first-order valence-corrected chi connectivity index (χ1v) is 8.00. The van der Waals surface area contributed by atoms with Crippen LogP contribution in [0.4, 0.5) is 5.82 Å². The predicted molar refractivity (Wildman–Crippen MR) is 97.4 cm³/mol. The number of pyridine rings is 2. The average molecular weight is 365 g/mol. The number of hydrogen-bond donors (Lipinski definition) is 1. The quantitative estimate of drug-likeness (QED) is 0.743. The summed E-state index contributed by atoms with van der Waals surface area (Å²) in [6.45, 7) is 1.84. The maximum absolute atomic E-state index is 12.5. The van der Waals surface area contributed by atoms with Gasteiger partial charge in [-0.1, -0.05) is 17.7 Å². The van der Waals surface area contributed by atoms with Gasteiger partial charge < -0.3 is 10.1 Å². The summed E-state index contributed by atoms with van der Waals surface area (Å²) in [5.41, 5.74) is 1.48. The highest BCUT2D eigenvalue weighted by atomic mass is 35.5. The molecule has 0 bridgehead atoms. The van der Waals surface area contributed by atoms with Gasteiger partial charge in [-0.15, -0.1) is 0 Å². The Balaban J connectivity index is 1.82. The summed E-state index contributed by atoms with van der Waals surface area (Å²) in [6, 6.07) is 13.5. The second kappa shape index (κ2) is 7.64. The zero-order valence-corrected chi connectivity index (χ0v) is 14.5. The number of aryl methyl sites for hydroxylation is 1. The van der Waals surface area contributed by atoms with E-state index in [4.69, 9.17) is 21.6 Å². The molecule has 26 heavy (non-hydrogen) atoms. The fourth-order valence-corrected chi connectivity index (χ4v) is 2.45. The first kappa shape index (κ1) is 17.4. The van der Waals surface area contributed by atoms with E-state index in [2.05, 4.69) is 15.3 Å². The first-order valence-electron chi connectivity index (χ1n) is 7.62. The number of benzene rings is 1. The molecule has 0 saturated carbocycles. The minimum atomic E-state index is -0.362. The summed E-state index contributed by atoms with van der Waals surface area (Å²) in [4.78, 5) is 20.6. The lowest BCUT2D eigenvalue weighted by Crippen LogP contribution is -2.13. The average Bonchev–Trinajstić information content (AvgIpc) is 2.61. The minimum Gasteiger partial charge on any atom is -0.456 e. The van der Waals surface area contributed by atoms with Crippen LogP contribution in [-0.2, 0) is 0 Å². The highest BCUT2D eigenvalue weighted by Gasteiger charge is 2.11. The summed E-state index contributed by atoms with van der Waals surface area (Å²) in [6.07, 6.45) is 2.90. The number of ether oxygens (including phenoxy) is 1. The zero-order chi connectivity index (χ0) is 18.5. The molecule has 1 aromatic carbocycles. The molecule has 0 aliphatic rings. The van der Waals surface area contributed by atoms with Crippen molar-refractivity contribution < 1.29 is 9.53 Å². The molecule has 6 nitrogen and oxygen atoms in total. The highest BCUT2D eigenvalue weighted by molar-refractivity contribution is 6.31. The van der Waals surface area contributed by atoms with E-state index in [0.29, 0.717) is 33.5 Å². The zero-order valence-electron chi connectivity index (χ0n) is 13.7. The molecule has 0 aliphatic heterocycles. The third-order valence-electron chi connectivity index (χ3n) is 3.34. The smallest absolute Gasteiger partial charge is 0.257 e. The summed E-state index contributed by atoms with van der Waals surface area (Å²) in [5, 5.41) is 12.0. The maximum atomic E-state index is 12.5. The number of amides is 1. The van der Waals surface area contributed by atoms with E-state index in [-0.39, 0.29) is 5.91 Å². The SMILES string of the molecule is Cc1cccc(NC(=O)c2cc(Cl)cc(Oc3cncc(C#N)c3)c2)n1. The second-order valence-corrected chi connectivity index (χ2v) is 5.85. The lowest BCUT2D eigenvalue weighted by atomic mass is 10.2. The van der Waals surface area contributed by atoms with Crippen molar-refractivity contribution in [2.24, 2.45) is 0 Å². The molecule has 1 amide bonds. The number of halogens is 1. The van der Waals surface area contributed by atoms with Crippen molar-refractivity contribution in [3.63, 3.8) is 0 Å². The van der Waals surface area contributed by atoms with Gasteiger partial charge in [-0.05, 0) is 37.3 Å². The van der Waals surface area contributed by atoms with E-state index in [1.54, 1.807) is 30.3 Å². The second-order valence-electron chi connectivity index (χ2n) is 5.42. The van der Waals surface area contributed by atoms with Gasteiger partial charge in [0.15, 0.2) is 0 Å². The normalized spacial score (nSPS) is 10.0. The molecule has 2 heterocycles. The van der Waals surface area contributed by atoms with Crippen molar-refractivity contribution in [1.82, 2.24) is 9.97 Å². The molecule has 7 heteroatoms. The van der Waals surface area contributed by atoms with Crippen LogP contribution in [0.25, 0.3) is 0 Å². The lowest BCUT2D eigenvalue weighted by Gasteiger charge is -2.09. The molecule has 0 unspecified atom stereocenters. The van der Waals surface area contributed by atoms with Crippen molar-refractivity contribution in [3.05, 3.63) is 76.7 Å². The van der Waals surface area contributed by atoms with E-state index < -0.39 is 0 Å². The number of nitriles is 1. The summed E-state index contributed by atoms with van der Waals surface area (Å²) in [7, 11) is 0. The number of carbonyl (C=O) groups excluding carboxylic acids is 1. The Morgan fingerprint density at radius 1 is 1.19 bits per heavy atom. The summed E-state index contributed by atoms with van der Waals surface area (Å²) < 4.78 is 5.67. The number of hydrogen-bond acceptors (Lipinski definition) is 5. The fraction of sp³-hybridized carbons (Fsp3) is 0.0526. The lowest BCUT2D eigenvalue weighted by molar-refractivity contribution is 0.102. The molecule has 1 N–H and O–H groups in total. The van der Waals surface area contributed by atoms with Crippen LogP contribution in [-0.4, -0.2) is 15.9 Å². The third-order valence-corrected chi connectivity index (χ3v) is 3.56.